The van der Waals surface area contributed by atoms with Crippen molar-refractivity contribution >= 4 is 33.0 Å². The molecule has 0 radical (unpaired) electrons. The van der Waals surface area contributed by atoms with Gasteiger partial charge in [-0.05, 0) is 54.3 Å². The molecule has 0 atom stereocenters. The van der Waals surface area contributed by atoms with E-state index in [4.69, 9.17) is 4.74 Å². The number of carbonyl (C=O) groups excluding carboxylic acids is 1. The number of sulfonamides is 1. The smallest absolute Gasteiger partial charge is 0.262 e. The highest BCUT2D eigenvalue weighted by Gasteiger charge is 2.17. The predicted molar refractivity (Wildman–Crippen MR) is 115 cm³/mol. The average Bonchev–Trinajstić information content (AvgIpc) is 3.23. The number of anilines is 1. The van der Waals surface area contributed by atoms with Crippen molar-refractivity contribution in [1.29, 1.82) is 0 Å². The molecule has 0 aliphatic rings. The van der Waals surface area contributed by atoms with Crippen molar-refractivity contribution in [1.82, 2.24) is 5.32 Å². The van der Waals surface area contributed by atoms with Crippen LogP contribution in [-0.4, -0.2) is 20.9 Å². The van der Waals surface area contributed by atoms with Crippen molar-refractivity contribution in [2.24, 2.45) is 0 Å². The molecule has 0 bridgehead atoms. The molecule has 0 saturated carbocycles. The molecule has 0 unspecified atom stereocenters. The van der Waals surface area contributed by atoms with Gasteiger partial charge in [0, 0.05) is 10.6 Å². The normalized spacial score (nSPS) is 11.1. The lowest BCUT2D eigenvalue weighted by Gasteiger charge is -2.11. The van der Waals surface area contributed by atoms with E-state index < -0.39 is 15.8 Å². The molecule has 9 heteroatoms. The largest absolute Gasteiger partial charge is 0.491 e. The third kappa shape index (κ3) is 5.80. The Bertz CT molecular complexity index is 1100. The van der Waals surface area contributed by atoms with Crippen LogP contribution in [-0.2, 0) is 27.8 Å². The van der Waals surface area contributed by atoms with Crippen LogP contribution in [0, 0.1) is 5.82 Å². The van der Waals surface area contributed by atoms with Crippen molar-refractivity contribution in [2.45, 2.75) is 24.8 Å². The van der Waals surface area contributed by atoms with E-state index in [0.29, 0.717) is 12.2 Å². The summed E-state index contributed by atoms with van der Waals surface area (Å²) in [6.45, 7) is 2.47. The Labute approximate surface area is 178 Å². The second-order valence-corrected chi connectivity index (χ2v) is 9.08. The van der Waals surface area contributed by atoms with Gasteiger partial charge in [0.25, 0.3) is 10.0 Å². The molecular formula is C21H21FN2O4S2. The van der Waals surface area contributed by atoms with E-state index in [-0.39, 0.29) is 29.6 Å². The zero-order valence-electron chi connectivity index (χ0n) is 16.2. The van der Waals surface area contributed by atoms with Gasteiger partial charge < -0.3 is 10.1 Å². The highest BCUT2D eigenvalue weighted by molar-refractivity contribution is 7.92. The minimum absolute atomic E-state index is 0.00171. The topological polar surface area (TPSA) is 84.5 Å². The summed E-state index contributed by atoms with van der Waals surface area (Å²) >= 11 is 1.57. The monoisotopic (exact) mass is 448 g/mol. The fraction of sp³-hybridized carbons (Fsp3) is 0.190. The summed E-state index contributed by atoms with van der Waals surface area (Å²) in [5.74, 6) is -0.872. The van der Waals surface area contributed by atoms with Gasteiger partial charge in [0.15, 0.2) is 11.6 Å². The number of halogens is 1. The lowest BCUT2D eigenvalue weighted by Crippen LogP contribution is -2.24. The number of thiophene rings is 1. The zero-order valence-corrected chi connectivity index (χ0v) is 17.9. The molecule has 2 aromatic carbocycles. The molecule has 6 nitrogen and oxygen atoms in total. The fourth-order valence-electron chi connectivity index (χ4n) is 2.67. The van der Waals surface area contributed by atoms with Crippen molar-refractivity contribution < 1.29 is 22.3 Å². The number of hydrogen-bond donors (Lipinski definition) is 2. The van der Waals surface area contributed by atoms with E-state index in [9.17, 15) is 17.6 Å². The van der Waals surface area contributed by atoms with Gasteiger partial charge in [-0.15, -0.1) is 11.3 Å². The summed E-state index contributed by atoms with van der Waals surface area (Å²) in [4.78, 5) is 12.9. The number of ether oxygens (including phenoxy) is 1. The van der Waals surface area contributed by atoms with Crippen LogP contribution in [0.5, 0.6) is 5.75 Å². The van der Waals surface area contributed by atoms with Gasteiger partial charge in [-0.1, -0.05) is 18.2 Å². The first-order chi connectivity index (χ1) is 14.4. The van der Waals surface area contributed by atoms with Crippen LogP contribution in [0.25, 0.3) is 0 Å². The number of benzene rings is 2. The molecule has 1 aromatic heterocycles. The van der Waals surface area contributed by atoms with Crippen LogP contribution >= 0.6 is 11.3 Å². The van der Waals surface area contributed by atoms with Crippen molar-refractivity contribution in [3.8, 4) is 5.75 Å². The summed E-state index contributed by atoms with van der Waals surface area (Å²) in [5.41, 5.74) is 1.06. The first kappa shape index (κ1) is 21.8. The Hall–Kier alpha value is -2.91. The molecule has 0 saturated heterocycles. The molecule has 0 aliphatic heterocycles. The van der Waals surface area contributed by atoms with Crippen LogP contribution in [0.1, 0.15) is 17.4 Å². The summed E-state index contributed by atoms with van der Waals surface area (Å²) in [5, 5.41) is 4.79. The quantitative estimate of drug-likeness (QED) is 0.519. The summed E-state index contributed by atoms with van der Waals surface area (Å²) < 4.78 is 46.5. The van der Waals surface area contributed by atoms with E-state index in [0.717, 1.165) is 16.5 Å². The number of amides is 1. The maximum absolute atomic E-state index is 14.0. The molecular weight excluding hydrogens is 427 g/mol. The molecule has 3 aromatic rings. The average molecular weight is 449 g/mol. The maximum Gasteiger partial charge on any atom is 0.262 e. The van der Waals surface area contributed by atoms with Gasteiger partial charge in [0.2, 0.25) is 5.91 Å². The van der Waals surface area contributed by atoms with Crippen LogP contribution in [0.15, 0.2) is 64.9 Å². The molecule has 30 heavy (non-hydrogen) atoms. The Balaban J connectivity index is 1.60. The molecule has 2 N–H and O–H groups in total. The van der Waals surface area contributed by atoms with Gasteiger partial charge in [-0.25, -0.2) is 12.8 Å². The van der Waals surface area contributed by atoms with E-state index >= 15 is 0 Å². The van der Waals surface area contributed by atoms with E-state index in [1.807, 2.05) is 17.5 Å². The predicted octanol–water partition coefficient (Wildman–Crippen LogP) is 3.95. The van der Waals surface area contributed by atoms with Crippen LogP contribution in [0.4, 0.5) is 10.1 Å². The number of rotatable bonds is 9. The molecule has 158 valence electrons. The molecule has 0 spiro atoms. The van der Waals surface area contributed by atoms with E-state index in [2.05, 4.69) is 10.0 Å². The van der Waals surface area contributed by atoms with Gasteiger partial charge in [0.1, 0.15) is 0 Å². The molecule has 0 fully saturated rings. The minimum Gasteiger partial charge on any atom is -0.491 e. The standard InChI is InChI=1S/C21H21FN2O4S2/c1-2-28-20-10-9-18(13-19(20)22)30(26,27)24-16-7-5-15(6-8-16)12-21(25)23-14-17-4-3-11-29-17/h3-11,13,24H,2,12,14H2,1H3,(H,23,25). The number of hydrogen-bond acceptors (Lipinski definition) is 5. The Morgan fingerprint density at radius 1 is 1.13 bits per heavy atom. The molecule has 3 rings (SSSR count). The third-order valence-electron chi connectivity index (χ3n) is 4.12. The Kier molecular flexibility index (Phi) is 7.07. The maximum atomic E-state index is 14.0. The van der Waals surface area contributed by atoms with Gasteiger partial charge in [0.05, 0.1) is 24.5 Å². The van der Waals surface area contributed by atoms with Crippen molar-refractivity contribution in [2.75, 3.05) is 11.3 Å². The lowest BCUT2D eigenvalue weighted by molar-refractivity contribution is -0.120. The second-order valence-electron chi connectivity index (χ2n) is 6.36. The first-order valence-corrected chi connectivity index (χ1v) is 11.6. The second kappa shape index (κ2) is 9.73. The Morgan fingerprint density at radius 3 is 2.53 bits per heavy atom. The van der Waals surface area contributed by atoms with Crippen LogP contribution in [0.3, 0.4) is 0 Å². The van der Waals surface area contributed by atoms with Gasteiger partial charge in [-0.2, -0.15) is 0 Å². The molecule has 0 aliphatic carbocycles. The first-order valence-electron chi connectivity index (χ1n) is 9.20. The Morgan fingerprint density at radius 2 is 1.90 bits per heavy atom. The zero-order chi connectivity index (χ0) is 21.6. The van der Waals surface area contributed by atoms with Gasteiger partial charge in [-0.3, -0.25) is 9.52 Å². The lowest BCUT2D eigenvalue weighted by atomic mass is 10.1. The highest BCUT2D eigenvalue weighted by Crippen LogP contribution is 2.23. The molecule has 1 amide bonds. The van der Waals surface area contributed by atoms with E-state index in [1.165, 1.54) is 12.1 Å². The minimum atomic E-state index is -3.96. The number of nitrogens with one attached hydrogen (secondary N) is 2. The van der Waals surface area contributed by atoms with Crippen LogP contribution in [0.2, 0.25) is 0 Å². The number of carbonyl (C=O) groups is 1. The van der Waals surface area contributed by atoms with Crippen molar-refractivity contribution in [3.05, 3.63) is 76.2 Å². The SMILES string of the molecule is CCOc1ccc(S(=O)(=O)Nc2ccc(CC(=O)NCc3cccs3)cc2)cc1F. The van der Waals surface area contributed by atoms with Crippen molar-refractivity contribution in [3.63, 3.8) is 0 Å². The highest BCUT2D eigenvalue weighted by atomic mass is 32.2. The summed E-state index contributed by atoms with van der Waals surface area (Å²) in [7, 11) is -3.96. The summed E-state index contributed by atoms with van der Waals surface area (Å²) in [6.07, 6.45) is 0.183. The van der Waals surface area contributed by atoms with E-state index in [1.54, 1.807) is 42.5 Å². The van der Waals surface area contributed by atoms with Crippen LogP contribution < -0.4 is 14.8 Å². The third-order valence-corrected chi connectivity index (χ3v) is 6.38. The summed E-state index contributed by atoms with van der Waals surface area (Å²) in [6, 6.07) is 13.8. The van der Waals surface area contributed by atoms with Gasteiger partial charge >= 0.3 is 0 Å². The fourth-order valence-corrected chi connectivity index (χ4v) is 4.39. The molecule has 1 heterocycles.